The van der Waals surface area contributed by atoms with Crippen LogP contribution in [0.25, 0.3) is 0 Å². The van der Waals surface area contributed by atoms with Crippen molar-refractivity contribution in [3.63, 3.8) is 0 Å². The first kappa shape index (κ1) is 19.5. The Balaban J connectivity index is 1.41. The van der Waals surface area contributed by atoms with E-state index in [1.54, 1.807) is 31.4 Å². The maximum atomic E-state index is 12.5. The minimum absolute atomic E-state index is 0.0145. The van der Waals surface area contributed by atoms with Gasteiger partial charge in [0.2, 0.25) is 5.91 Å². The number of rotatable bonds is 7. The molecule has 2 N–H and O–H groups in total. The Morgan fingerprint density at radius 2 is 1.96 bits per heavy atom. The van der Waals surface area contributed by atoms with Gasteiger partial charge in [0, 0.05) is 19.6 Å². The topological polar surface area (TPSA) is 79.9 Å². The Morgan fingerprint density at radius 1 is 1.19 bits per heavy atom. The van der Waals surface area contributed by atoms with Crippen molar-refractivity contribution >= 4 is 11.8 Å². The first-order chi connectivity index (χ1) is 13.2. The zero-order valence-corrected chi connectivity index (χ0v) is 15.9. The van der Waals surface area contributed by atoms with Gasteiger partial charge in [-0.05, 0) is 62.4 Å². The van der Waals surface area contributed by atoms with Crippen LogP contribution in [0.5, 0.6) is 11.5 Å². The van der Waals surface area contributed by atoms with Crippen LogP contribution in [-0.4, -0.2) is 62.7 Å². The van der Waals surface area contributed by atoms with Crippen molar-refractivity contribution in [3.05, 3.63) is 24.3 Å². The number of carbonyl (C=O) groups is 2. The van der Waals surface area contributed by atoms with Crippen molar-refractivity contribution in [2.75, 3.05) is 39.9 Å². The lowest BCUT2D eigenvalue weighted by Gasteiger charge is -2.33. The number of carbonyl (C=O) groups excluding carboxylic acids is 2. The van der Waals surface area contributed by atoms with E-state index in [1.165, 1.54) is 0 Å². The number of amides is 2. The van der Waals surface area contributed by atoms with Crippen LogP contribution in [0.15, 0.2) is 24.3 Å². The van der Waals surface area contributed by atoms with Crippen LogP contribution < -0.4 is 20.1 Å². The molecule has 7 heteroatoms. The van der Waals surface area contributed by atoms with Gasteiger partial charge in [0.1, 0.15) is 11.5 Å². The number of nitrogens with one attached hydrogen (secondary N) is 2. The number of nitrogens with zero attached hydrogens (tertiary/aromatic N) is 1. The molecule has 2 aliphatic rings. The lowest BCUT2D eigenvalue weighted by atomic mass is 9.97. The highest BCUT2D eigenvalue weighted by Crippen LogP contribution is 2.19. The molecule has 2 aliphatic heterocycles. The lowest BCUT2D eigenvalue weighted by molar-refractivity contribution is -0.135. The third-order valence-electron chi connectivity index (χ3n) is 5.24. The van der Waals surface area contributed by atoms with Crippen molar-refractivity contribution in [1.29, 1.82) is 0 Å². The molecule has 27 heavy (non-hydrogen) atoms. The summed E-state index contributed by atoms with van der Waals surface area (Å²) in [5, 5.41) is 6.25. The second-order valence-electron chi connectivity index (χ2n) is 7.21. The number of piperidine rings is 1. The van der Waals surface area contributed by atoms with E-state index in [1.807, 2.05) is 4.90 Å². The maximum absolute atomic E-state index is 12.5. The molecular weight excluding hydrogens is 346 g/mol. The molecule has 2 heterocycles. The average Bonchev–Trinajstić information content (AvgIpc) is 3.26. The largest absolute Gasteiger partial charge is 0.497 e. The van der Waals surface area contributed by atoms with Crippen LogP contribution in [0.2, 0.25) is 0 Å². The van der Waals surface area contributed by atoms with Gasteiger partial charge in [0.15, 0.2) is 6.61 Å². The molecular formula is C20H29N3O4. The van der Waals surface area contributed by atoms with Crippen LogP contribution >= 0.6 is 0 Å². The average molecular weight is 375 g/mol. The Kier molecular flexibility index (Phi) is 6.92. The van der Waals surface area contributed by atoms with Crippen molar-refractivity contribution in [3.8, 4) is 11.5 Å². The Labute approximate surface area is 160 Å². The second kappa shape index (κ2) is 9.60. The Morgan fingerprint density at radius 3 is 2.67 bits per heavy atom. The molecule has 0 aromatic heterocycles. The highest BCUT2D eigenvalue weighted by Gasteiger charge is 2.26. The minimum atomic E-state index is -0.0516. The van der Waals surface area contributed by atoms with E-state index in [2.05, 4.69) is 10.6 Å². The van der Waals surface area contributed by atoms with Gasteiger partial charge < -0.3 is 25.0 Å². The molecule has 2 saturated heterocycles. The number of likely N-dealkylation sites (tertiary alicyclic amines) is 1. The monoisotopic (exact) mass is 375 g/mol. The molecule has 2 atom stereocenters. The van der Waals surface area contributed by atoms with Crippen LogP contribution in [0, 0.1) is 5.92 Å². The fraction of sp³-hybridized carbons (Fsp3) is 0.600. The van der Waals surface area contributed by atoms with Crippen LogP contribution in [0.3, 0.4) is 0 Å². The van der Waals surface area contributed by atoms with Gasteiger partial charge >= 0.3 is 0 Å². The maximum Gasteiger partial charge on any atom is 0.260 e. The summed E-state index contributed by atoms with van der Waals surface area (Å²) < 4.78 is 10.7. The quantitative estimate of drug-likeness (QED) is 0.748. The van der Waals surface area contributed by atoms with Gasteiger partial charge in [-0.15, -0.1) is 0 Å². The number of ether oxygens (including phenoxy) is 2. The normalized spacial score (nSPS) is 22.3. The molecule has 7 nitrogen and oxygen atoms in total. The van der Waals surface area contributed by atoms with E-state index in [4.69, 9.17) is 9.47 Å². The van der Waals surface area contributed by atoms with Gasteiger partial charge in [-0.2, -0.15) is 0 Å². The van der Waals surface area contributed by atoms with Crippen molar-refractivity contribution in [2.24, 2.45) is 5.92 Å². The van der Waals surface area contributed by atoms with E-state index in [9.17, 15) is 9.59 Å². The predicted molar refractivity (Wildman–Crippen MR) is 102 cm³/mol. The van der Waals surface area contributed by atoms with Crippen LogP contribution in [0.1, 0.15) is 25.7 Å². The number of hydrogen-bond donors (Lipinski definition) is 2. The van der Waals surface area contributed by atoms with Gasteiger partial charge in [-0.1, -0.05) is 0 Å². The number of methoxy groups -OCH3 is 1. The zero-order chi connectivity index (χ0) is 19.1. The van der Waals surface area contributed by atoms with Gasteiger partial charge in [-0.25, -0.2) is 0 Å². The van der Waals surface area contributed by atoms with E-state index in [-0.39, 0.29) is 24.5 Å². The van der Waals surface area contributed by atoms with Crippen molar-refractivity contribution < 1.29 is 19.1 Å². The van der Waals surface area contributed by atoms with Crippen LogP contribution in [-0.2, 0) is 9.59 Å². The van der Waals surface area contributed by atoms with Crippen LogP contribution in [0.4, 0.5) is 0 Å². The third-order valence-corrected chi connectivity index (χ3v) is 5.24. The van der Waals surface area contributed by atoms with E-state index < -0.39 is 0 Å². The summed E-state index contributed by atoms with van der Waals surface area (Å²) in [6.07, 6.45) is 3.94. The summed E-state index contributed by atoms with van der Waals surface area (Å²) in [6.45, 7) is 2.98. The highest BCUT2D eigenvalue weighted by molar-refractivity contribution is 5.82. The smallest absolute Gasteiger partial charge is 0.260 e. The summed E-state index contributed by atoms with van der Waals surface area (Å²) in [7, 11) is 1.61. The lowest BCUT2D eigenvalue weighted by Crippen LogP contribution is -2.47. The summed E-state index contributed by atoms with van der Waals surface area (Å²) in [5.74, 6) is 1.77. The molecule has 0 radical (unpaired) electrons. The summed E-state index contributed by atoms with van der Waals surface area (Å²) >= 11 is 0. The number of benzene rings is 1. The Hall–Kier alpha value is -2.28. The fourth-order valence-electron chi connectivity index (χ4n) is 3.64. The van der Waals surface area contributed by atoms with Crippen molar-refractivity contribution in [2.45, 2.75) is 31.7 Å². The molecule has 148 valence electrons. The zero-order valence-electron chi connectivity index (χ0n) is 15.9. The SMILES string of the molecule is COc1ccc(OCC(=O)N2CCCC(CNC(=O)C3CCCN3)C2)cc1. The summed E-state index contributed by atoms with van der Waals surface area (Å²) in [6, 6.07) is 7.14. The van der Waals surface area contributed by atoms with Gasteiger partial charge in [0.05, 0.1) is 13.2 Å². The molecule has 2 fully saturated rings. The molecule has 2 unspecified atom stereocenters. The molecule has 0 saturated carbocycles. The minimum Gasteiger partial charge on any atom is -0.497 e. The second-order valence-corrected chi connectivity index (χ2v) is 7.21. The standard InChI is InChI=1S/C20H29N3O4/c1-26-16-6-8-17(9-7-16)27-14-19(24)23-11-3-4-15(13-23)12-22-20(25)18-5-2-10-21-18/h6-9,15,18,21H,2-5,10-14H2,1H3,(H,22,25). The molecule has 0 aliphatic carbocycles. The molecule has 0 spiro atoms. The van der Waals surface area contributed by atoms with Gasteiger partial charge in [-0.3, -0.25) is 9.59 Å². The van der Waals surface area contributed by atoms with Crippen molar-refractivity contribution in [1.82, 2.24) is 15.5 Å². The summed E-state index contributed by atoms with van der Waals surface area (Å²) in [5.41, 5.74) is 0. The van der Waals surface area contributed by atoms with Gasteiger partial charge in [0.25, 0.3) is 5.91 Å². The molecule has 1 aromatic rings. The predicted octanol–water partition coefficient (Wildman–Crippen LogP) is 1.18. The molecule has 3 rings (SSSR count). The first-order valence-electron chi connectivity index (χ1n) is 9.71. The summed E-state index contributed by atoms with van der Waals surface area (Å²) in [4.78, 5) is 26.4. The molecule has 2 amide bonds. The molecule has 1 aromatic carbocycles. The first-order valence-corrected chi connectivity index (χ1v) is 9.71. The van der Waals surface area contributed by atoms with E-state index in [0.717, 1.165) is 44.5 Å². The van der Waals surface area contributed by atoms with E-state index in [0.29, 0.717) is 24.8 Å². The Bertz CT molecular complexity index is 629. The number of hydrogen-bond acceptors (Lipinski definition) is 5. The van der Waals surface area contributed by atoms with E-state index >= 15 is 0 Å². The fourth-order valence-corrected chi connectivity index (χ4v) is 3.64. The highest BCUT2D eigenvalue weighted by atomic mass is 16.5. The third kappa shape index (κ3) is 5.60. The molecule has 0 bridgehead atoms.